The van der Waals surface area contributed by atoms with Crippen molar-refractivity contribution >= 4 is 40.5 Å². The molecule has 0 atom stereocenters. The van der Waals surface area contributed by atoms with Gasteiger partial charge in [-0.2, -0.15) is 5.10 Å². The van der Waals surface area contributed by atoms with Gasteiger partial charge in [0.2, 0.25) is 5.91 Å². The smallest absolute Gasteiger partial charge is 0.287 e. The molecule has 0 saturated carbocycles. The Morgan fingerprint density at radius 1 is 1.22 bits per heavy atom. The average molecular weight is 389 g/mol. The molecular weight excluding hydrogens is 372 g/mol. The summed E-state index contributed by atoms with van der Waals surface area (Å²) in [6.07, 6.45) is -0.00472. The molecule has 0 saturated heterocycles. The fourth-order valence-corrected chi connectivity index (χ4v) is 2.46. The minimum absolute atomic E-state index is 0.00472. The van der Waals surface area contributed by atoms with Gasteiger partial charge in [0.05, 0.1) is 11.3 Å². The van der Waals surface area contributed by atoms with Gasteiger partial charge in [-0.1, -0.05) is 23.7 Å². The van der Waals surface area contributed by atoms with Crippen LogP contribution in [0.3, 0.4) is 0 Å². The average Bonchev–Trinajstić information content (AvgIpc) is 2.59. The molecule has 0 aliphatic carbocycles. The summed E-state index contributed by atoms with van der Waals surface area (Å²) < 4.78 is 0. The molecule has 0 unspecified atom stereocenters. The van der Waals surface area contributed by atoms with Crippen LogP contribution in [0.5, 0.6) is 0 Å². The van der Waals surface area contributed by atoms with Crippen LogP contribution in [0.1, 0.15) is 29.3 Å². The zero-order chi connectivity index (χ0) is 20.0. The van der Waals surface area contributed by atoms with Crippen LogP contribution in [-0.2, 0) is 4.79 Å². The highest BCUT2D eigenvalue weighted by atomic mass is 35.5. The number of benzene rings is 2. The molecule has 0 aromatic heterocycles. The van der Waals surface area contributed by atoms with E-state index in [9.17, 15) is 19.7 Å². The van der Waals surface area contributed by atoms with Crippen LogP contribution in [0.25, 0.3) is 0 Å². The summed E-state index contributed by atoms with van der Waals surface area (Å²) in [6, 6.07) is 11.0. The zero-order valence-electron chi connectivity index (χ0n) is 14.7. The molecule has 27 heavy (non-hydrogen) atoms. The number of carbonyl (C=O) groups excluding carboxylic acids is 2. The topological polar surface area (TPSA) is 114 Å². The van der Waals surface area contributed by atoms with E-state index >= 15 is 0 Å². The maximum atomic E-state index is 12.0. The molecule has 0 spiro atoms. The quantitative estimate of drug-likeness (QED) is 0.446. The monoisotopic (exact) mass is 388 g/mol. The maximum Gasteiger partial charge on any atom is 0.287 e. The van der Waals surface area contributed by atoms with Gasteiger partial charge in [0.25, 0.3) is 11.6 Å². The molecule has 0 aliphatic rings. The van der Waals surface area contributed by atoms with Gasteiger partial charge in [-0.05, 0) is 43.7 Å². The highest BCUT2D eigenvalue weighted by molar-refractivity contribution is 6.33. The van der Waals surface area contributed by atoms with Crippen LogP contribution < -0.4 is 10.7 Å². The summed E-state index contributed by atoms with van der Waals surface area (Å²) in [4.78, 5) is 34.1. The summed E-state index contributed by atoms with van der Waals surface area (Å²) in [5, 5.41) is 17.2. The molecule has 8 nitrogen and oxygen atoms in total. The fraction of sp³-hybridized carbons (Fsp3) is 0.167. The first kappa shape index (κ1) is 20.1. The summed E-state index contributed by atoms with van der Waals surface area (Å²) in [5.41, 5.74) is 4.21. The molecule has 0 bridgehead atoms. The van der Waals surface area contributed by atoms with E-state index in [2.05, 4.69) is 15.8 Å². The van der Waals surface area contributed by atoms with E-state index in [-0.39, 0.29) is 28.6 Å². The second-order valence-corrected chi connectivity index (χ2v) is 6.21. The van der Waals surface area contributed by atoms with Gasteiger partial charge in [0.15, 0.2) is 0 Å². The molecule has 0 heterocycles. The Morgan fingerprint density at radius 3 is 2.59 bits per heavy atom. The number of rotatable bonds is 6. The Labute approximate surface area is 160 Å². The molecule has 2 amide bonds. The normalized spacial score (nSPS) is 11.0. The lowest BCUT2D eigenvalue weighted by Gasteiger charge is -2.06. The predicted molar refractivity (Wildman–Crippen MR) is 103 cm³/mol. The molecule has 140 valence electrons. The lowest BCUT2D eigenvalue weighted by Crippen LogP contribution is -2.21. The van der Waals surface area contributed by atoms with Gasteiger partial charge in [-0.15, -0.1) is 0 Å². The van der Waals surface area contributed by atoms with Crippen molar-refractivity contribution in [1.29, 1.82) is 0 Å². The van der Waals surface area contributed by atoms with Crippen LogP contribution in [0.4, 0.5) is 11.4 Å². The van der Waals surface area contributed by atoms with E-state index in [1.807, 2.05) is 25.1 Å². The van der Waals surface area contributed by atoms with Gasteiger partial charge in [0.1, 0.15) is 5.02 Å². The van der Waals surface area contributed by atoms with Crippen molar-refractivity contribution in [1.82, 2.24) is 5.43 Å². The number of carbonyl (C=O) groups is 2. The van der Waals surface area contributed by atoms with E-state index in [1.54, 1.807) is 13.0 Å². The predicted octanol–water partition coefficient (Wildman–Crippen LogP) is 3.69. The van der Waals surface area contributed by atoms with Crippen LogP contribution in [0.2, 0.25) is 5.02 Å². The standard InChI is InChI=1S/C18H17ClN4O4/c1-11-4-3-5-14(8-11)20-17(24)9-12(2)21-22-18(25)13-6-7-16(23(26)27)15(19)10-13/h3-8,10H,9H2,1-2H3,(H,20,24)(H,22,25). The van der Waals surface area contributed by atoms with E-state index in [1.165, 1.54) is 12.1 Å². The number of anilines is 1. The van der Waals surface area contributed by atoms with Crippen LogP contribution in [-0.4, -0.2) is 22.4 Å². The molecule has 2 N–H and O–H groups in total. The third-order valence-electron chi connectivity index (χ3n) is 3.47. The van der Waals surface area contributed by atoms with E-state index in [0.717, 1.165) is 11.6 Å². The number of amides is 2. The van der Waals surface area contributed by atoms with Gasteiger partial charge in [-0.25, -0.2) is 5.43 Å². The largest absolute Gasteiger partial charge is 0.326 e. The van der Waals surface area contributed by atoms with Gasteiger partial charge in [0, 0.05) is 23.0 Å². The third-order valence-corrected chi connectivity index (χ3v) is 3.78. The van der Waals surface area contributed by atoms with E-state index < -0.39 is 10.8 Å². The Kier molecular flexibility index (Phi) is 6.62. The zero-order valence-corrected chi connectivity index (χ0v) is 15.4. The Balaban J connectivity index is 1.94. The summed E-state index contributed by atoms with van der Waals surface area (Å²) in [7, 11) is 0. The number of nitro benzene ring substituents is 1. The minimum atomic E-state index is -0.640. The van der Waals surface area contributed by atoms with E-state index in [4.69, 9.17) is 11.6 Å². The number of hydrazone groups is 1. The molecule has 0 fully saturated rings. The van der Waals surface area contributed by atoms with Crippen molar-refractivity contribution in [3.63, 3.8) is 0 Å². The summed E-state index contributed by atoms with van der Waals surface area (Å²) >= 11 is 5.78. The molecule has 2 rings (SSSR count). The summed E-state index contributed by atoms with van der Waals surface area (Å²) in [5.74, 6) is -0.861. The van der Waals surface area contributed by atoms with Crippen molar-refractivity contribution in [2.45, 2.75) is 20.3 Å². The fourth-order valence-electron chi connectivity index (χ4n) is 2.21. The Bertz CT molecular complexity index is 927. The first-order valence-electron chi connectivity index (χ1n) is 7.90. The molecule has 9 heteroatoms. The number of nitrogens with zero attached hydrogens (tertiary/aromatic N) is 2. The van der Waals surface area contributed by atoms with Crippen molar-refractivity contribution in [3.8, 4) is 0 Å². The Hall–Kier alpha value is -3.26. The SMILES string of the molecule is CC(CC(=O)Nc1cccc(C)c1)=NNC(=O)c1ccc([N+](=O)[O-])c(Cl)c1. The van der Waals surface area contributed by atoms with Crippen LogP contribution >= 0.6 is 11.6 Å². The first-order valence-corrected chi connectivity index (χ1v) is 8.28. The second kappa shape index (κ2) is 8.91. The number of aryl methyl sites for hydroxylation is 1. The van der Waals surface area contributed by atoms with Gasteiger partial charge >= 0.3 is 0 Å². The van der Waals surface area contributed by atoms with Gasteiger partial charge < -0.3 is 5.32 Å². The highest BCUT2D eigenvalue weighted by Gasteiger charge is 2.15. The molecule has 0 radical (unpaired) electrons. The second-order valence-electron chi connectivity index (χ2n) is 5.81. The van der Waals surface area contributed by atoms with Crippen LogP contribution in [0, 0.1) is 17.0 Å². The molecular formula is C18H17ClN4O4. The number of hydrogen-bond donors (Lipinski definition) is 2. The number of hydrogen-bond acceptors (Lipinski definition) is 5. The maximum absolute atomic E-state index is 12.0. The van der Waals surface area contributed by atoms with Gasteiger partial charge in [-0.3, -0.25) is 19.7 Å². The van der Waals surface area contributed by atoms with Crippen molar-refractivity contribution < 1.29 is 14.5 Å². The Morgan fingerprint density at radius 2 is 1.96 bits per heavy atom. The molecule has 0 aliphatic heterocycles. The third kappa shape index (κ3) is 5.89. The van der Waals surface area contributed by atoms with Crippen LogP contribution in [0.15, 0.2) is 47.6 Å². The minimum Gasteiger partial charge on any atom is -0.326 e. The highest BCUT2D eigenvalue weighted by Crippen LogP contribution is 2.24. The lowest BCUT2D eigenvalue weighted by molar-refractivity contribution is -0.384. The number of nitro groups is 1. The first-order chi connectivity index (χ1) is 12.8. The summed E-state index contributed by atoms with van der Waals surface area (Å²) in [6.45, 7) is 3.52. The van der Waals surface area contributed by atoms with Crippen molar-refractivity contribution in [2.24, 2.45) is 5.10 Å². The lowest BCUT2D eigenvalue weighted by atomic mass is 10.2. The number of halogens is 1. The van der Waals surface area contributed by atoms with Crippen molar-refractivity contribution in [3.05, 3.63) is 68.7 Å². The van der Waals surface area contributed by atoms with E-state index in [0.29, 0.717) is 11.4 Å². The molecule has 2 aromatic carbocycles. The molecule has 2 aromatic rings. The van der Waals surface area contributed by atoms with Crippen molar-refractivity contribution in [2.75, 3.05) is 5.32 Å². The number of nitrogens with one attached hydrogen (secondary N) is 2.